The summed E-state index contributed by atoms with van der Waals surface area (Å²) in [7, 11) is 1.65. The van der Waals surface area contributed by atoms with Crippen molar-refractivity contribution in [1.82, 2.24) is 5.32 Å². The van der Waals surface area contributed by atoms with E-state index in [1.165, 1.54) is 0 Å². The Morgan fingerprint density at radius 2 is 2.30 bits per heavy atom. The molecule has 1 aromatic carbocycles. The van der Waals surface area contributed by atoms with Crippen molar-refractivity contribution in [3.63, 3.8) is 0 Å². The summed E-state index contributed by atoms with van der Waals surface area (Å²) < 4.78 is 5.22. The van der Waals surface area contributed by atoms with Crippen molar-refractivity contribution in [2.45, 2.75) is 32.2 Å². The molecule has 20 heavy (non-hydrogen) atoms. The molecule has 1 saturated carbocycles. The summed E-state index contributed by atoms with van der Waals surface area (Å²) in [5.41, 5.74) is 6.80. The quantitative estimate of drug-likeness (QED) is 0.867. The number of carbonyl (C=O) groups excluding carboxylic acids is 1. The molecule has 3 N–H and O–H groups in total. The third kappa shape index (κ3) is 3.31. The zero-order valence-electron chi connectivity index (χ0n) is 12.3. The van der Waals surface area contributed by atoms with Crippen LogP contribution in [0.15, 0.2) is 24.3 Å². The summed E-state index contributed by atoms with van der Waals surface area (Å²) >= 11 is 0. The number of methoxy groups -OCH3 is 1. The number of benzene rings is 1. The van der Waals surface area contributed by atoms with Gasteiger partial charge in [0.1, 0.15) is 5.75 Å². The van der Waals surface area contributed by atoms with Crippen LogP contribution in [0.3, 0.4) is 0 Å². The topological polar surface area (TPSA) is 64.3 Å². The number of nitrogens with two attached hydrogens (primary N) is 1. The van der Waals surface area contributed by atoms with E-state index in [-0.39, 0.29) is 17.9 Å². The maximum Gasteiger partial charge on any atom is 0.223 e. The van der Waals surface area contributed by atoms with Crippen molar-refractivity contribution < 1.29 is 9.53 Å². The van der Waals surface area contributed by atoms with Crippen LogP contribution in [0.4, 0.5) is 0 Å². The molecular formula is C16H24N2O2. The van der Waals surface area contributed by atoms with E-state index < -0.39 is 0 Å². The van der Waals surface area contributed by atoms with Crippen molar-refractivity contribution in [3.05, 3.63) is 29.8 Å². The zero-order chi connectivity index (χ0) is 14.5. The summed E-state index contributed by atoms with van der Waals surface area (Å²) in [4.78, 5) is 12.4. The minimum Gasteiger partial charge on any atom is -0.497 e. The van der Waals surface area contributed by atoms with Gasteiger partial charge in [0.05, 0.1) is 13.2 Å². The van der Waals surface area contributed by atoms with Crippen LogP contribution in [0.25, 0.3) is 0 Å². The summed E-state index contributed by atoms with van der Waals surface area (Å²) in [6.45, 7) is 2.60. The van der Waals surface area contributed by atoms with Gasteiger partial charge in [0.2, 0.25) is 5.91 Å². The van der Waals surface area contributed by atoms with Crippen LogP contribution in [-0.4, -0.2) is 19.6 Å². The Kier molecular flexibility index (Phi) is 5.01. The molecule has 2 rings (SSSR count). The number of nitrogens with one attached hydrogen (secondary N) is 1. The van der Waals surface area contributed by atoms with Crippen LogP contribution in [0.5, 0.6) is 5.75 Å². The fourth-order valence-corrected chi connectivity index (χ4v) is 2.98. The van der Waals surface area contributed by atoms with E-state index >= 15 is 0 Å². The predicted molar refractivity (Wildman–Crippen MR) is 79.4 cm³/mol. The molecule has 1 aromatic rings. The SMILES string of the molecule is COc1cccc(C(C)NC(=O)[C@@H]2CCC[C@@H]2CN)c1. The first-order chi connectivity index (χ1) is 9.65. The van der Waals surface area contributed by atoms with Crippen molar-refractivity contribution in [1.29, 1.82) is 0 Å². The standard InChI is InChI=1S/C16H24N2O2/c1-11(12-5-3-7-14(9-12)20-2)18-16(19)15-8-4-6-13(15)10-17/h3,5,7,9,11,13,15H,4,6,8,10,17H2,1-2H3,(H,18,19)/t11?,13-,15-/m1/s1. The zero-order valence-corrected chi connectivity index (χ0v) is 12.3. The number of carbonyl (C=O) groups is 1. The number of rotatable bonds is 5. The molecule has 4 nitrogen and oxygen atoms in total. The van der Waals surface area contributed by atoms with E-state index in [1.54, 1.807) is 7.11 Å². The van der Waals surface area contributed by atoms with Gasteiger partial charge in [-0.15, -0.1) is 0 Å². The fraction of sp³-hybridized carbons (Fsp3) is 0.562. The van der Waals surface area contributed by atoms with E-state index in [2.05, 4.69) is 5.32 Å². The Balaban J connectivity index is 1.99. The highest BCUT2D eigenvalue weighted by atomic mass is 16.5. The molecule has 3 atom stereocenters. The Morgan fingerprint density at radius 1 is 1.50 bits per heavy atom. The molecule has 1 unspecified atom stereocenters. The minimum absolute atomic E-state index is 0.0170. The highest BCUT2D eigenvalue weighted by Crippen LogP contribution is 2.31. The van der Waals surface area contributed by atoms with Crippen molar-refractivity contribution in [3.8, 4) is 5.75 Å². The van der Waals surface area contributed by atoms with E-state index in [4.69, 9.17) is 10.5 Å². The highest BCUT2D eigenvalue weighted by Gasteiger charge is 2.32. The Morgan fingerprint density at radius 3 is 3.00 bits per heavy atom. The second-order valence-electron chi connectivity index (χ2n) is 5.54. The summed E-state index contributed by atoms with van der Waals surface area (Å²) in [6.07, 6.45) is 3.13. The van der Waals surface area contributed by atoms with Crippen LogP contribution in [0.1, 0.15) is 37.8 Å². The fourth-order valence-electron chi connectivity index (χ4n) is 2.98. The van der Waals surface area contributed by atoms with Crippen LogP contribution in [-0.2, 0) is 4.79 Å². The van der Waals surface area contributed by atoms with Crippen LogP contribution < -0.4 is 15.8 Å². The lowest BCUT2D eigenvalue weighted by Gasteiger charge is -2.21. The molecule has 0 spiro atoms. The number of hydrogen-bond donors (Lipinski definition) is 2. The van der Waals surface area contributed by atoms with Gasteiger partial charge in [0.15, 0.2) is 0 Å². The van der Waals surface area contributed by atoms with Gasteiger partial charge < -0.3 is 15.8 Å². The second-order valence-corrected chi connectivity index (χ2v) is 5.54. The van der Waals surface area contributed by atoms with Gasteiger partial charge >= 0.3 is 0 Å². The van der Waals surface area contributed by atoms with Gasteiger partial charge in [-0.3, -0.25) is 4.79 Å². The summed E-state index contributed by atoms with van der Waals surface area (Å²) in [5, 5.41) is 3.10. The molecule has 1 amide bonds. The molecule has 0 radical (unpaired) electrons. The molecule has 1 aliphatic rings. The van der Waals surface area contributed by atoms with Gasteiger partial charge in [0, 0.05) is 5.92 Å². The molecular weight excluding hydrogens is 252 g/mol. The first-order valence-electron chi connectivity index (χ1n) is 7.30. The Hall–Kier alpha value is -1.55. The van der Waals surface area contributed by atoms with Gasteiger partial charge in [-0.2, -0.15) is 0 Å². The van der Waals surface area contributed by atoms with Crippen LogP contribution in [0.2, 0.25) is 0 Å². The minimum atomic E-state index is -0.0170. The normalized spacial score (nSPS) is 23.4. The first kappa shape index (κ1) is 14.9. The third-order valence-electron chi connectivity index (χ3n) is 4.25. The predicted octanol–water partition coefficient (Wildman–Crippen LogP) is 2.25. The maximum atomic E-state index is 12.4. The Bertz CT molecular complexity index is 462. The maximum absolute atomic E-state index is 12.4. The largest absolute Gasteiger partial charge is 0.497 e. The van der Waals surface area contributed by atoms with Crippen molar-refractivity contribution >= 4 is 5.91 Å². The average molecular weight is 276 g/mol. The number of amides is 1. The Labute approximate surface area is 120 Å². The lowest BCUT2D eigenvalue weighted by molar-refractivity contribution is -0.126. The van der Waals surface area contributed by atoms with E-state index in [1.807, 2.05) is 31.2 Å². The molecule has 0 aromatic heterocycles. The van der Waals surface area contributed by atoms with Crippen LogP contribution >= 0.6 is 0 Å². The van der Waals surface area contributed by atoms with Gasteiger partial charge in [-0.25, -0.2) is 0 Å². The molecule has 0 saturated heterocycles. The molecule has 0 bridgehead atoms. The van der Waals surface area contributed by atoms with Gasteiger partial charge in [0.25, 0.3) is 0 Å². The smallest absolute Gasteiger partial charge is 0.223 e. The lowest BCUT2D eigenvalue weighted by Crippen LogP contribution is -2.36. The average Bonchev–Trinajstić information content (AvgIpc) is 2.95. The van der Waals surface area contributed by atoms with Crippen molar-refractivity contribution in [2.24, 2.45) is 17.6 Å². The highest BCUT2D eigenvalue weighted by molar-refractivity contribution is 5.79. The molecule has 110 valence electrons. The third-order valence-corrected chi connectivity index (χ3v) is 4.25. The number of hydrogen-bond acceptors (Lipinski definition) is 3. The first-order valence-corrected chi connectivity index (χ1v) is 7.30. The molecule has 1 fully saturated rings. The molecule has 0 aliphatic heterocycles. The summed E-state index contributed by atoms with van der Waals surface area (Å²) in [5.74, 6) is 1.36. The van der Waals surface area contributed by atoms with Crippen LogP contribution in [0, 0.1) is 11.8 Å². The van der Waals surface area contributed by atoms with Crippen molar-refractivity contribution in [2.75, 3.05) is 13.7 Å². The molecule has 0 heterocycles. The monoisotopic (exact) mass is 276 g/mol. The molecule has 1 aliphatic carbocycles. The van der Waals surface area contributed by atoms with Gasteiger partial charge in [-0.05, 0) is 49.9 Å². The van der Waals surface area contributed by atoms with E-state index in [0.717, 1.165) is 30.6 Å². The van der Waals surface area contributed by atoms with E-state index in [0.29, 0.717) is 12.5 Å². The number of ether oxygens (including phenoxy) is 1. The molecule has 4 heteroatoms. The second kappa shape index (κ2) is 6.75. The summed E-state index contributed by atoms with van der Waals surface area (Å²) in [6, 6.07) is 7.79. The van der Waals surface area contributed by atoms with E-state index in [9.17, 15) is 4.79 Å². The lowest BCUT2D eigenvalue weighted by atomic mass is 9.94. The van der Waals surface area contributed by atoms with Gasteiger partial charge in [-0.1, -0.05) is 18.6 Å².